The average molecular weight is 438 g/mol. The van der Waals surface area contributed by atoms with E-state index in [1.807, 2.05) is 17.0 Å². The highest BCUT2D eigenvalue weighted by molar-refractivity contribution is 5.98. The number of amides is 1. The predicted molar refractivity (Wildman–Crippen MR) is 122 cm³/mol. The van der Waals surface area contributed by atoms with Gasteiger partial charge in [-0.25, -0.2) is 0 Å². The Kier molecular flexibility index (Phi) is 6.98. The van der Waals surface area contributed by atoms with Crippen molar-refractivity contribution in [2.24, 2.45) is 5.92 Å². The van der Waals surface area contributed by atoms with E-state index < -0.39 is 0 Å². The van der Waals surface area contributed by atoms with Crippen LogP contribution in [0.5, 0.6) is 17.2 Å². The van der Waals surface area contributed by atoms with Crippen LogP contribution in [0.3, 0.4) is 0 Å². The van der Waals surface area contributed by atoms with Gasteiger partial charge in [0.2, 0.25) is 0 Å². The Balaban J connectivity index is 1.36. The molecular formula is C26H31NO5. The van der Waals surface area contributed by atoms with Crippen molar-refractivity contribution >= 4 is 11.7 Å². The van der Waals surface area contributed by atoms with Crippen molar-refractivity contribution in [1.29, 1.82) is 0 Å². The summed E-state index contributed by atoms with van der Waals surface area (Å²) in [5, 5.41) is 0. The summed E-state index contributed by atoms with van der Waals surface area (Å²) in [4.78, 5) is 27.7. The van der Waals surface area contributed by atoms with Crippen LogP contribution in [0.15, 0.2) is 42.5 Å². The lowest BCUT2D eigenvalue weighted by atomic mass is 9.88. The maximum Gasteiger partial charge on any atom is 0.253 e. The number of methoxy groups -OCH3 is 2. The summed E-state index contributed by atoms with van der Waals surface area (Å²) < 4.78 is 16.7. The molecule has 6 heteroatoms. The SMILES string of the molecule is COc1ccc(C(=O)C2CCN(C(=O)c3ccc(OC4CCCC4)c(OC)c3)CC2)cc1. The molecule has 1 saturated heterocycles. The second kappa shape index (κ2) is 10.1. The number of likely N-dealkylation sites (tertiary alicyclic amines) is 1. The molecule has 32 heavy (non-hydrogen) atoms. The van der Waals surface area contributed by atoms with E-state index in [4.69, 9.17) is 14.2 Å². The second-order valence-corrected chi connectivity index (χ2v) is 8.55. The van der Waals surface area contributed by atoms with Crippen LogP contribution >= 0.6 is 0 Å². The minimum absolute atomic E-state index is 0.0361. The van der Waals surface area contributed by atoms with Crippen LogP contribution in [0.25, 0.3) is 0 Å². The highest BCUT2D eigenvalue weighted by Gasteiger charge is 2.29. The number of carbonyl (C=O) groups excluding carboxylic acids is 2. The van der Waals surface area contributed by atoms with E-state index in [0.717, 1.165) is 18.6 Å². The topological polar surface area (TPSA) is 65.1 Å². The van der Waals surface area contributed by atoms with Gasteiger partial charge >= 0.3 is 0 Å². The van der Waals surface area contributed by atoms with Crippen LogP contribution in [0.4, 0.5) is 0 Å². The highest BCUT2D eigenvalue weighted by Crippen LogP contribution is 2.33. The summed E-state index contributed by atoms with van der Waals surface area (Å²) in [7, 11) is 3.21. The summed E-state index contributed by atoms with van der Waals surface area (Å²) in [5.74, 6) is 2.05. The Hall–Kier alpha value is -3.02. The van der Waals surface area contributed by atoms with Crippen LogP contribution in [0.2, 0.25) is 0 Å². The minimum Gasteiger partial charge on any atom is -0.497 e. The Labute approximate surface area is 189 Å². The molecule has 0 bridgehead atoms. The second-order valence-electron chi connectivity index (χ2n) is 8.55. The molecule has 1 aliphatic carbocycles. The predicted octanol–water partition coefficient (Wildman–Crippen LogP) is 4.76. The molecule has 6 nitrogen and oxygen atoms in total. The van der Waals surface area contributed by atoms with Crippen molar-refractivity contribution in [3.05, 3.63) is 53.6 Å². The molecule has 1 saturated carbocycles. The van der Waals surface area contributed by atoms with Crippen LogP contribution in [0, 0.1) is 5.92 Å². The third-order valence-electron chi connectivity index (χ3n) is 6.53. The standard InChI is InChI=1S/C26H31NO5/c1-30-21-10-7-18(8-11-21)25(28)19-13-15-27(16-14-19)26(29)20-9-12-23(24(17-20)31-2)32-22-5-3-4-6-22/h7-12,17,19,22H,3-6,13-16H2,1-2H3. The Morgan fingerprint density at radius 3 is 2.09 bits per heavy atom. The van der Waals surface area contributed by atoms with E-state index in [1.54, 1.807) is 44.6 Å². The van der Waals surface area contributed by atoms with Gasteiger partial charge in [0.25, 0.3) is 5.91 Å². The molecule has 170 valence electrons. The Bertz CT molecular complexity index is 941. The zero-order valence-corrected chi connectivity index (χ0v) is 18.8. The Morgan fingerprint density at radius 2 is 1.47 bits per heavy atom. The monoisotopic (exact) mass is 437 g/mol. The number of hydrogen-bond donors (Lipinski definition) is 0. The summed E-state index contributed by atoms with van der Waals surface area (Å²) in [6, 6.07) is 12.6. The van der Waals surface area contributed by atoms with Crippen molar-refractivity contribution in [2.45, 2.75) is 44.6 Å². The van der Waals surface area contributed by atoms with Gasteiger partial charge in [-0.1, -0.05) is 0 Å². The van der Waals surface area contributed by atoms with Gasteiger partial charge in [-0.3, -0.25) is 9.59 Å². The molecule has 0 aromatic heterocycles. The number of hydrogen-bond acceptors (Lipinski definition) is 5. The third kappa shape index (κ3) is 4.90. The van der Waals surface area contributed by atoms with Gasteiger partial charge in [0.05, 0.1) is 20.3 Å². The van der Waals surface area contributed by atoms with Gasteiger partial charge in [0.15, 0.2) is 17.3 Å². The number of ether oxygens (including phenoxy) is 3. The molecule has 2 aromatic rings. The summed E-state index contributed by atoms with van der Waals surface area (Å²) >= 11 is 0. The number of ketones is 1. The lowest BCUT2D eigenvalue weighted by Gasteiger charge is -2.31. The van der Waals surface area contributed by atoms with E-state index in [0.29, 0.717) is 48.6 Å². The first-order valence-electron chi connectivity index (χ1n) is 11.4. The van der Waals surface area contributed by atoms with Crippen LogP contribution < -0.4 is 14.2 Å². The number of rotatable bonds is 7. The van der Waals surface area contributed by atoms with E-state index in [1.165, 1.54) is 12.8 Å². The van der Waals surface area contributed by atoms with E-state index in [-0.39, 0.29) is 23.7 Å². The first kappa shape index (κ1) is 22.2. The maximum atomic E-state index is 13.1. The average Bonchev–Trinajstić information content (AvgIpc) is 3.36. The molecule has 2 aliphatic rings. The molecule has 0 spiro atoms. The van der Waals surface area contributed by atoms with Gasteiger partial charge in [-0.2, -0.15) is 0 Å². The fourth-order valence-electron chi connectivity index (χ4n) is 4.60. The van der Waals surface area contributed by atoms with Crippen molar-refractivity contribution in [1.82, 2.24) is 4.90 Å². The van der Waals surface area contributed by atoms with Gasteiger partial charge in [-0.15, -0.1) is 0 Å². The summed E-state index contributed by atoms with van der Waals surface area (Å²) in [6.45, 7) is 1.13. The van der Waals surface area contributed by atoms with Crippen LogP contribution in [-0.4, -0.2) is 50.0 Å². The number of Topliss-reactive ketones (excluding diaryl/α,β-unsaturated/α-hetero) is 1. The molecular weight excluding hydrogens is 406 g/mol. The molecule has 0 radical (unpaired) electrons. The van der Waals surface area contributed by atoms with Crippen molar-refractivity contribution < 1.29 is 23.8 Å². The fourth-order valence-corrected chi connectivity index (χ4v) is 4.60. The van der Waals surface area contributed by atoms with Gasteiger partial charge in [-0.05, 0) is 81.0 Å². The summed E-state index contributed by atoms with van der Waals surface area (Å²) in [6.07, 6.45) is 6.07. The largest absolute Gasteiger partial charge is 0.497 e. The zero-order valence-electron chi connectivity index (χ0n) is 18.8. The third-order valence-corrected chi connectivity index (χ3v) is 6.53. The molecule has 1 heterocycles. The van der Waals surface area contributed by atoms with E-state index in [9.17, 15) is 9.59 Å². The molecule has 2 fully saturated rings. The minimum atomic E-state index is -0.0656. The zero-order chi connectivity index (χ0) is 22.5. The molecule has 1 aliphatic heterocycles. The molecule has 0 atom stereocenters. The molecule has 4 rings (SSSR count). The first-order chi connectivity index (χ1) is 15.6. The van der Waals surface area contributed by atoms with Crippen molar-refractivity contribution in [2.75, 3.05) is 27.3 Å². The fraction of sp³-hybridized carbons (Fsp3) is 0.462. The quantitative estimate of drug-likeness (QED) is 0.585. The first-order valence-corrected chi connectivity index (χ1v) is 11.4. The molecule has 0 unspecified atom stereocenters. The lowest BCUT2D eigenvalue weighted by molar-refractivity contribution is 0.0650. The van der Waals surface area contributed by atoms with E-state index in [2.05, 4.69) is 0 Å². The number of nitrogens with zero attached hydrogens (tertiary/aromatic N) is 1. The molecule has 0 N–H and O–H groups in total. The molecule has 1 amide bonds. The lowest BCUT2D eigenvalue weighted by Crippen LogP contribution is -2.40. The van der Waals surface area contributed by atoms with E-state index >= 15 is 0 Å². The van der Waals surface area contributed by atoms with Gasteiger partial charge in [0, 0.05) is 30.1 Å². The van der Waals surface area contributed by atoms with Crippen molar-refractivity contribution in [3.8, 4) is 17.2 Å². The number of piperidine rings is 1. The highest BCUT2D eigenvalue weighted by atomic mass is 16.5. The van der Waals surface area contributed by atoms with Gasteiger partial charge < -0.3 is 19.1 Å². The number of benzene rings is 2. The van der Waals surface area contributed by atoms with Crippen molar-refractivity contribution in [3.63, 3.8) is 0 Å². The normalized spacial score (nSPS) is 17.2. The molecule has 2 aromatic carbocycles. The Morgan fingerprint density at radius 1 is 0.812 bits per heavy atom. The smallest absolute Gasteiger partial charge is 0.253 e. The van der Waals surface area contributed by atoms with Crippen LogP contribution in [0.1, 0.15) is 59.2 Å². The maximum absolute atomic E-state index is 13.1. The number of carbonyl (C=O) groups is 2. The van der Waals surface area contributed by atoms with Crippen LogP contribution in [-0.2, 0) is 0 Å². The summed E-state index contributed by atoms with van der Waals surface area (Å²) in [5.41, 5.74) is 1.28. The van der Waals surface area contributed by atoms with Gasteiger partial charge in [0.1, 0.15) is 5.75 Å².